The Morgan fingerprint density at radius 1 is 1.65 bits per heavy atom. The van der Waals surface area contributed by atoms with Gasteiger partial charge in [-0.1, -0.05) is 6.92 Å². The maximum absolute atomic E-state index is 10.9. The quantitative estimate of drug-likeness (QED) is 0.789. The Morgan fingerprint density at radius 3 is 2.76 bits per heavy atom. The highest BCUT2D eigenvalue weighted by atomic mass is 16.4. The van der Waals surface area contributed by atoms with Crippen molar-refractivity contribution in [1.29, 1.82) is 0 Å². The SMILES string of the molecule is CCCn1nccc1C(CC(=O)O)C(C)(C)N. The molecular formula is C12H21N3O2. The van der Waals surface area contributed by atoms with E-state index in [0.29, 0.717) is 0 Å². The van der Waals surface area contributed by atoms with Crippen LogP contribution in [0.25, 0.3) is 0 Å². The highest BCUT2D eigenvalue weighted by Gasteiger charge is 2.31. The van der Waals surface area contributed by atoms with Crippen LogP contribution in [-0.2, 0) is 11.3 Å². The number of hydrogen-bond acceptors (Lipinski definition) is 3. The van der Waals surface area contributed by atoms with Crippen molar-refractivity contribution in [2.45, 2.75) is 51.6 Å². The van der Waals surface area contributed by atoms with Crippen LogP contribution >= 0.6 is 0 Å². The van der Waals surface area contributed by atoms with Gasteiger partial charge < -0.3 is 10.8 Å². The minimum atomic E-state index is -0.835. The largest absolute Gasteiger partial charge is 0.481 e. The Balaban J connectivity index is 3.04. The van der Waals surface area contributed by atoms with Gasteiger partial charge in [-0.05, 0) is 26.3 Å². The highest BCUT2D eigenvalue weighted by molar-refractivity contribution is 5.68. The lowest BCUT2D eigenvalue weighted by molar-refractivity contribution is -0.137. The van der Waals surface area contributed by atoms with Crippen molar-refractivity contribution in [3.63, 3.8) is 0 Å². The maximum Gasteiger partial charge on any atom is 0.304 e. The molecule has 1 heterocycles. The fourth-order valence-electron chi connectivity index (χ4n) is 1.96. The monoisotopic (exact) mass is 239 g/mol. The van der Waals surface area contributed by atoms with Gasteiger partial charge in [-0.25, -0.2) is 0 Å². The molecular weight excluding hydrogens is 218 g/mol. The van der Waals surface area contributed by atoms with Crippen LogP contribution in [0.15, 0.2) is 12.3 Å². The van der Waals surface area contributed by atoms with Crippen LogP contribution in [0, 0.1) is 0 Å². The molecule has 1 unspecified atom stereocenters. The molecule has 5 nitrogen and oxygen atoms in total. The van der Waals surface area contributed by atoms with Crippen LogP contribution < -0.4 is 5.73 Å². The van der Waals surface area contributed by atoms with Crippen LogP contribution in [0.1, 0.15) is 45.2 Å². The molecule has 1 rings (SSSR count). The Morgan fingerprint density at radius 2 is 2.29 bits per heavy atom. The minimum Gasteiger partial charge on any atom is -0.481 e. The summed E-state index contributed by atoms with van der Waals surface area (Å²) in [6, 6.07) is 1.86. The van der Waals surface area contributed by atoms with Gasteiger partial charge in [0.1, 0.15) is 0 Å². The Bertz CT molecular complexity index is 379. The van der Waals surface area contributed by atoms with Crippen LogP contribution in [0.4, 0.5) is 0 Å². The number of carboxylic acids is 1. The third-order valence-corrected chi connectivity index (χ3v) is 2.82. The van der Waals surface area contributed by atoms with Crippen molar-refractivity contribution < 1.29 is 9.90 Å². The number of rotatable bonds is 6. The van der Waals surface area contributed by atoms with Crippen molar-refractivity contribution in [3.05, 3.63) is 18.0 Å². The molecule has 0 aliphatic carbocycles. The van der Waals surface area contributed by atoms with Crippen LogP contribution in [0.3, 0.4) is 0 Å². The predicted octanol–water partition coefficient (Wildman–Crippen LogP) is 1.59. The fraction of sp³-hybridized carbons (Fsp3) is 0.667. The van der Waals surface area contributed by atoms with Crippen molar-refractivity contribution in [2.24, 2.45) is 5.73 Å². The Hall–Kier alpha value is -1.36. The lowest BCUT2D eigenvalue weighted by Crippen LogP contribution is -2.41. The zero-order chi connectivity index (χ0) is 13.1. The van der Waals surface area contributed by atoms with E-state index in [2.05, 4.69) is 12.0 Å². The summed E-state index contributed by atoms with van der Waals surface area (Å²) in [5, 5.41) is 13.2. The molecule has 5 heteroatoms. The average Bonchev–Trinajstić information content (AvgIpc) is 2.61. The van der Waals surface area contributed by atoms with Crippen molar-refractivity contribution >= 4 is 5.97 Å². The second-order valence-corrected chi connectivity index (χ2v) is 4.95. The van der Waals surface area contributed by atoms with E-state index in [-0.39, 0.29) is 12.3 Å². The molecule has 0 spiro atoms. The van der Waals surface area contributed by atoms with E-state index in [9.17, 15) is 4.79 Å². The molecule has 1 aromatic heterocycles. The maximum atomic E-state index is 10.9. The number of aryl methyl sites for hydroxylation is 1. The van der Waals surface area contributed by atoms with Crippen LogP contribution in [0.2, 0.25) is 0 Å². The van der Waals surface area contributed by atoms with E-state index >= 15 is 0 Å². The average molecular weight is 239 g/mol. The molecule has 17 heavy (non-hydrogen) atoms. The number of carbonyl (C=O) groups is 1. The topological polar surface area (TPSA) is 81.1 Å². The molecule has 0 bridgehead atoms. The second-order valence-electron chi connectivity index (χ2n) is 4.95. The summed E-state index contributed by atoms with van der Waals surface area (Å²) in [6.07, 6.45) is 2.68. The van der Waals surface area contributed by atoms with E-state index in [1.54, 1.807) is 6.20 Å². The number of aliphatic carboxylic acids is 1. The van der Waals surface area contributed by atoms with Crippen LogP contribution in [-0.4, -0.2) is 26.4 Å². The van der Waals surface area contributed by atoms with E-state index in [0.717, 1.165) is 18.7 Å². The lowest BCUT2D eigenvalue weighted by atomic mass is 9.83. The number of aromatic nitrogens is 2. The molecule has 0 saturated heterocycles. The van der Waals surface area contributed by atoms with E-state index < -0.39 is 11.5 Å². The summed E-state index contributed by atoms with van der Waals surface area (Å²) in [6.45, 7) is 6.55. The number of nitrogens with zero attached hydrogens (tertiary/aromatic N) is 2. The summed E-state index contributed by atoms with van der Waals surface area (Å²) >= 11 is 0. The first-order valence-corrected chi connectivity index (χ1v) is 5.88. The van der Waals surface area contributed by atoms with Gasteiger partial charge in [-0.3, -0.25) is 9.48 Å². The molecule has 0 aromatic carbocycles. The third-order valence-electron chi connectivity index (χ3n) is 2.82. The number of nitrogens with two attached hydrogens (primary N) is 1. The summed E-state index contributed by atoms with van der Waals surface area (Å²) < 4.78 is 1.85. The van der Waals surface area contributed by atoms with E-state index in [4.69, 9.17) is 10.8 Å². The number of hydrogen-bond donors (Lipinski definition) is 2. The molecule has 1 atom stereocenters. The Labute approximate surface area is 102 Å². The molecule has 0 radical (unpaired) electrons. The van der Waals surface area contributed by atoms with Crippen molar-refractivity contribution in [1.82, 2.24) is 9.78 Å². The molecule has 0 amide bonds. The smallest absolute Gasteiger partial charge is 0.304 e. The van der Waals surface area contributed by atoms with Gasteiger partial charge in [0.25, 0.3) is 0 Å². The van der Waals surface area contributed by atoms with E-state index in [1.165, 1.54) is 0 Å². The summed E-state index contributed by atoms with van der Waals surface area (Å²) in [5.41, 5.74) is 6.40. The fourth-order valence-corrected chi connectivity index (χ4v) is 1.96. The van der Waals surface area contributed by atoms with Gasteiger partial charge in [-0.15, -0.1) is 0 Å². The molecule has 0 aliphatic rings. The van der Waals surface area contributed by atoms with Gasteiger partial charge >= 0.3 is 5.97 Å². The third kappa shape index (κ3) is 3.56. The zero-order valence-corrected chi connectivity index (χ0v) is 10.7. The van der Waals surface area contributed by atoms with Gasteiger partial charge in [0, 0.05) is 29.9 Å². The lowest BCUT2D eigenvalue weighted by Gasteiger charge is -2.30. The molecule has 0 aliphatic heterocycles. The molecule has 96 valence electrons. The molecule has 0 fully saturated rings. The standard InChI is InChI=1S/C12H21N3O2/c1-4-7-15-10(5-6-14-15)9(8-11(16)17)12(2,3)13/h5-6,9H,4,7-8,13H2,1-3H3,(H,16,17). The van der Waals surface area contributed by atoms with Gasteiger partial charge in [0.15, 0.2) is 0 Å². The predicted molar refractivity (Wildman–Crippen MR) is 65.8 cm³/mol. The normalized spacial score (nSPS) is 13.6. The second kappa shape index (κ2) is 5.31. The van der Waals surface area contributed by atoms with Crippen LogP contribution in [0.5, 0.6) is 0 Å². The zero-order valence-electron chi connectivity index (χ0n) is 10.7. The van der Waals surface area contributed by atoms with Crippen molar-refractivity contribution in [2.75, 3.05) is 0 Å². The first kappa shape index (κ1) is 13.7. The molecule has 1 aromatic rings. The van der Waals surface area contributed by atoms with Crippen molar-refractivity contribution in [3.8, 4) is 0 Å². The molecule has 0 saturated carbocycles. The first-order chi connectivity index (χ1) is 7.86. The van der Waals surface area contributed by atoms with Gasteiger partial charge in [-0.2, -0.15) is 5.10 Å². The summed E-state index contributed by atoms with van der Waals surface area (Å²) in [4.78, 5) is 10.9. The number of carboxylic acid groups (broad SMARTS) is 1. The minimum absolute atomic E-state index is 0.0267. The Kier molecular flexibility index (Phi) is 4.28. The van der Waals surface area contributed by atoms with Gasteiger partial charge in [0.2, 0.25) is 0 Å². The highest BCUT2D eigenvalue weighted by Crippen LogP contribution is 2.29. The van der Waals surface area contributed by atoms with Gasteiger partial charge in [0.05, 0.1) is 6.42 Å². The summed E-state index contributed by atoms with van der Waals surface area (Å²) in [7, 11) is 0. The van der Waals surface area contributed by atoms with E-state index in [1.807, 2.05) is 24.6 Å². The summed E-state index contributed by atoms with van der Waals surface area (Å²) in [5.74, 6) is -1.06. The first-order valence-electron chi connectivity index (χ1n) is 5.88. The molecule has 3 N–H and O–H groups in total.